The lowest BCUT2D eigenvalue weighted by atomic mass is 9.84. The summed E-state index contributed by atoms with van der Waals surface area (Å²) >= 11 is 0. The molecule has 92 valence electrons. The normalized spacial score (nSPS) is 29.6. The summed E-state index contributed by atoms with van der Waals surface area (Å²) in [5.41, 5.74) is 5.84. The van der Waals surface area contributed by atoms with Gasteiger partial charge < -0.3 is 15.2 Å². The molecular weight excluding hydrogens is 210 g/mol. The highest BCUT2D eigenvalue weighted by molar-refractivity contribution is 5.66. The van der Waals surface area contributed by atoms with Gasteiger partial charge in [0.1, 0.15) is 6.10 Å². The maximum atomic E-state index is 10.9. The quantitative estimate of drug-likeness (QED) is 0.717. The van der Waals surface area contributed by atoms with E-state index in [9.17, 15) is 9.59 Å². The van der Waals surface area contributed by atoms with Gasteiger partial charge in [-0.25, -0.2) is 0 Å². The number of ether oxygens (including phenoxy) is 2. The molecule has 5 heteroatoms. The van der Waals surface area contributed by atoms with E-state index >= 15 is 0 Å². The van der Waals surface area contributed by atoms with Crippen LogP contribution in [0.1, 0.15) is 33.1 Å². The fraction of sp³-hybridized carbons (Fsp3) is 0.818. The summed E-state index contributed by atoms with van der Waals surface area (Å²) in [4.78, 5) is 21.7. The van der Waals surface area contributed by atoms with Crippen LogP contribution in [-0.4, -0.2) is 30.7 Å². The first-order chi connectivity index (χ1) is 7.49. The Labute approximate surface area is 95.3 Å². The average Bonchev–Trinajstić information content (AvgIpc) is 2.17. The lowest BCUT2D eigenvalue weighted by molar-refractivity contribution is -0.155. The van der Waals surface area contributed by atoms with Gasteiger partial charge in [-0.3, -0.25) is 9.59 Å². The first kappa shape index (κ1) is 13.0. The minimum Gasteiger partial charge on any atom is -0.465 e. The van der Waals surface area contributed by atoms with Crippen molar-refractivity contribution in [3.8, 4) is 0 Å². The minimum absolute atomic E-state index is 0.0246. The van der Waals surface area contributed by atoms with E-state index < -0.39 is 0 Å². The van der Waals surface area contributed by atoms with E-state index in [0.717, 1.165) is 19.3 Å². The van der Waals surface area contributed by atoms with Crippen LogP contribution in [0.4, 0.5) is 0 Å². The first-order valence-corrected chi connectivity index (χ1v) is 5.55. The van der Waals surface area contributed by atoms with Gasteiger partial charge in [-0.1, -0.05) is 0 Å². The second kappa shape index (κ2) is 5.84. The molecule has 0 radical (unpaired) electrons. The van der Waals surface area contributed by atoms with Crippen molar-refractivity contribution in [1.82, 2.24) is 0 Å². The van der Waals surface area contributed by atoms with Gasteiger partial charge in [-0.15, -0.1) is 0 Å². The molecule has 1 aliphatic carbocycles. The van der Waals surface area contributed by atoms with E-state index in [1.54, 1.807) is 0 Å². The van der Waals surface area contributed by atoms with Crippen LogP contribution in [0.15, 0.2) is 0 Å². The molecule has 16 heavy (non-hydrogen) atoms. The molecule has 0 aromatic heterocycles. The molecule has 1 rings (SSSR count). The van der Waals surface area contributed by atoms with Crippen molar-refractivity contribution in [3.05, 3.63) is 0 Å². The second-order valence-corrected chi connectivity index (χ2v) is 4.28. The summed E-state index contributed by atoms with van der Waals surface area (Å²) in [5.74, 6) is -0.592. The highest BCUT2D eigenvalue weighted by Gasteiger charge is 2.31. The Bertz CT molecular complexity index is 267. The Kier molecular flexibility index (Phi) is 4.73. The van der Waals surface area contributed by atoms with Gasteiger partial charge in [-0.05, 0) is 19.3 Å². The number of carbonyl (C=O) groups excluding carboxylic acids is 2. The number of hydrogen-bond acceptors (Lipinski definition) is 5. The standard InChI is InChI=1S/C11H19NO4/c1-7(13)15-6-9-5-10(12)3-4-11(9)16-8(2)14/h9-11H,3-6,12H2,1-2H3/t9-,10+,11+/m0/s1. The molecule has 0 heterocycles. The Morgan fingerprint density at radius 2 is 1.94 bits per heavy atom. The van der Waals surface area contributed by atoms with Crippen LogP contribution < -0.4 is 5.73 Å². The molecule has 3 atom stereocenters. The molecule has 1 fully saturated rings. The van der Waals surface area contributed by atoms with E-state index in [-0.39, 0.29) is 36.6 Å². The Balaban J connectivity index is 2.50. The zero-order valence-electron chi connectivity index (χ0n) is 9.77. The third-order valence-corrected chi connectivity index (χ3v) is 2.77. The minimum atomic E-state index is -0.319. The zero-order chi connectivity index (χ0) is 12.1. The van der Waals surface area contributed by atoms with E-state index in [0.29, 0.717) is 0 Å². The van der Waals surface area contributed by atoms with E-state index in [2.05, 4.69) is 0 Å². The molecule has 0 unspecified atom stereocenters. The van der Waals surface area contributed by atoms with Crippen LogP contribution >= 0.6 is 0 Å². The van der Waals surface area contributed by atoms with Crippen LogP contribution in [0.2, 0.25) is 0 Å². The second-order valence-electron chi connectivity index (χ2n) is 4.28. The SMILES string of the molecule is CC(=O)OC[C@@H]1C[C@H](N)CC[C@H]1OC(C)=O. The van der Waals surface area contributed by atoms with Gasteiger partial charge in [0.15, 0.2) is 0 Å². The van der Waals surface area contributed by atoms with Crippen molar-refractivity contribution in [3.63, 3.8) is 0 Å². The molecule has 0 aliphatic heterocycles. The molecule has 0 bridgehead atoms. The van der Waals surface area contributed by atoms with Crippen LogP contribution in [-0.2, 0) is 19.1 Å². The van der Waals surface area contributed by atoms with Gasteiger partial charge in [0.25, 0.3) is 0 Å². The maximum Gasteiger partial charge on any atom is 0.302 e. The molecule has 0 saturated heterocycles. The molecule has 0 amide bonds. The Hall–Kier alpha value is -1.10. The molecule has 5 nitrogen and oxygen atoms in total. The summed E-state index contributed by atoms with van der Waals surface area (Å²) in [7, 11) is 0. The van der Waals surface area contributed by atoms with Crippen molar-refractivity contribution in [1.29, 1.82) is 0 Å². The lowest BCUT2D eigenvalue weighted by Crippen LogP contribution is -2.40. The summed E-state index contributed by atoms with van der Waals surface area (Å²) in [6.45, 7) is 3.03. The number of carbonyl (C=O) groups is 2. The molecule has 0 aromatic rings. The zero-order valence-corrected chi connectivity index (χ0v) is 9.77. The molecule has 1 saturated carbocycles. The summed E-state index contributed by atoms with van der Waals surface area (Å²) in [6.07, 6.45) is 2.14. The number of hydrogen-bond donors (Lipinski definition) is 1. The fourth-order valence-electron chi connectivity index (χ4n) is 2.04. The van der Waals surface area contributed by atoms with E-state index in [4.69, 9.17) is 15.2 Å². The fourth-order valence-corrected chi connectivity index (χ4v) is 2.04. The topological polar surface area (TPSA) is 78.6 Å². The van der Waals surface area contributed by atoms with Crippen molar-refractivity contribution in [2.24, 2.45) is 11.7 Å². The van der Waals surface area contributed by atoms with Gasteiger partial charge in [-0.2, -0.15) is 0 Å². The summed E-state index contributed by atoms with van der Waals surface area (Å²) in [5, 5.41) is 0. The third kappa shape index (κ3) is 4.18. The van der Waals surface area contributed by atoms with Crippen LogP contribution in [0, 0.1) is 5.92 Å². The van der Waals surface area contributed by atoms with Gasteiger partial charge in [0, 0.05) is 25.8 Å². The van der Waals surface area contributed by atoms with Crippen molar-refractivity contribution in [2.75, 3.05) is 6.61 Å². The molecular formula is C11H19NO4. The predicted molar refractivity (Wildman–Crippen MR) is 57.5 cm³/mol. The first-order valence-electron chi connectivity index (χ1n) is 5.55. The van der Waals surface area contributed by atoms with Crippen LogP contribution in [0.25, 0.3) is 0 Å². The van der Waals surface area contributed by atoms with Crippen molar-refractivity contribution < 1.29 is 19.1 Å². The molecule has 2 N–H and O–H groups in total. The van der Waals surface area contributed by atoms with E-state index in [1.165, 1.54) is 13.8 Å². The molecule has 1 aliphatic rings. The predicted octanol–water partition coefficient (Wildman–Crippen LogP) is 0.609. The van der Waals surface area contributed by atoms with Gasteiger partial charge >= 0.3 is 11.9 Å². The Morgan fingerprint density at radius 3 is 2.50 bits per heavy atom. The smallest absolute Gasteiger partial charge is 0.302 e. The Morgan fingerprint density at radius 1 is 1.25 bits per heavy atom. The number of rotatable bonds is 3. The maximum absolute atomic E-state index is 10.9. The van der Waals surface area contributed by atoms with Crippen LogP contribution in [0.3, 0.4) is 0 Å². The van der Waals surface area contributed by atoms with Gasteiger partial charge in [0.05, 0.1) is 6.61 Å². The molecule has 0 aromatic carbocycles. The summed E-state index contributed by atoms with van der Waals surface area (Å²) in [6, 6.07) is 0.104. The van der Waals surface area contributed by atoms with Crippen molar-refractivity contribution >= 4 is 11.9 Å². The highest BCUT2D eigenvalue weighted by atomic mass is 16.6. The largest absolute Gasteiger partial charge is 0.465 e. The number of esters is 2. The highest BCUT2D eigenvalue weighted by Crippen LogP contribution is 2.26. The van der Waals surface area contributed by atoms with Gasteiger partial charge in [0.2, 0.25) is 0 Å². The molecule has 0 spiro atoms. The average molecular weight is 229 g/mol. The lowest BCUT2D eigenvalue weighted by Gasteiger charge is -2.33. The van der Waals surface area contributed by atoms with Crippen molar-refractivity contribution in [2.45, 2.75) is 45.3 Å². The van der Waals surface area contributed by atoms with E-state index in [1.807, 2.05) is 0 Å². The van der Waals surface area contributed by atoms with Crippen LogP contribution in [0.5, 0.6) is 0 Å². The number of nitrogens with two attached hydrogens (primary N) is 1. The monoisotopic (exact) mass is 229 g/mol. The third-order valence-electron chi connectivity index (χ3n) is 2.77. The summed E-state index contributed by atoms with van der Waals surface area (Å²) < 4.78 is 10.2.